The summed E-state index contributed by atoms with van der Waals surface area (Å²) in [5, 5.41) is 5.60. The van der Waals surface area contributed by atoms with Crippen molar-refractivity contribution in [2.45, 2.75) is 5.92 Å². The van der Waals surface area contributed by atoms with Crippen LogP contribution in [0, 0.1) is 0 Å². The fraction of sp³-hybridized carbons (Fsp3) is 0.0667. The second-order valence-corrected chi connectivity index (χ2v) is 3.81. The van der Waals surface area contributed by atoms with Crippen LogP contribution in [0.25, 0.3) is 0 Å². The molecule has 2 heteroatoms. The number of nitrogens with two attached hydrogens (primary N) is 1. The third kappa shape index (κ3) is 2.48. The van der Waals surface area contributed by atoms with E-state index < -0.39 is 0 Å². The van der Waals surface area contributed by atoms with E-state index in [1.807, 2.05) is 60.7 Å². The lowest BCUT2D eigenvalue weighted by molar-refractivity contribution is -0.108. The zero-order valence-electron chi connectivity index (χ0n) is 9.41. The van der Waals surface area contributed by atoms with Crippen molar-refractivity contribution in [3.63, 3.8) is 0 Å². The average molecular weight is 224 g/mol. The maximum Gasteiger partial charge on any atom is 0.180 e. The Balaban J connectivity index is 2.32. The highest BCUT2D eigenvalue weighted by molar-refractivity contribution is 6.09. The summed E-state index contributed by atoms with van der Waals surface area (Å²) in [4.78, 5) is 12.3. The van der Waals surface area contributed by atoms with Crippen molar-refractivity contribution < 1.29 is 10.2 Å². The zero-order valence-corrected chi connectivity index (χ0v) is 9.41. The summed E-state index contributed by atoms with van der Waals surface area (Å²) in [5.41, 5.74) is 1.60. The van der Waals surface area contributed by atoms with E-state index in [1.54, 1.807) is 0 Å². The lowest BCUT2D eigenvalue weighted by atomic mass is 9.92. The molecule has 0 amide bonds. The number of hydrogen-bond acceptors (Lipinski definition) is 1. The Bertz CT molecular complexity index is 505. The molecule has 2 aromatic carbocycles. The molecule has 0 radical (unpaired) electrons. The molecule has 2 aromatic rings. The highest BCUT2D eigenvalue weighted by Crippen LogP contribution is 2.18. The molecule has 0 spiro atoms. The number of Topliss-reactive ketones (excluding diaryl/α,β-unsaturated/α-hetero) is 1. The van der Waals surface area contributed by atoms with Gasteiger partial charge >= 0.3 is 0 Å². The third-order valence-electron chi connectivity index (χ3n) is 2.69. The molecule has 0 aliphatic heterocycles. The van der Waals surface area contributed by atoms with Crippen molar-refractivity contribution in [3.05, 3.63) is 71.8 Å². The van der Waals surface area contributed by atoms with E-state index in [0.29, 0.717) is 5.56 Å². The van der Waals surface area contributed by atoms with Crippen molar-refractivity contribution in [3.8, 4) is 0 Å². The van der Waals surface area contributed by atoms with E-state index in [2.05, 4.69) is 0 Å². The number of rotatable bonds is 4. The predicted molar refractivity (Wildman–Crippen MR) is 67.9 cm³/mol. The Kier molecular flexibility index (Phi) is 3.46. The van der Waals surface area contributed by atoms with E-state index in [9.17, 15) is 4.79 Å². The number of carbonyl (C=O) groups is 1. The minimum atomic E-state index is -0.376. The number of carbonyl (C=O) groups excluding carboxylic acids is 1. The minimum absolute atomic E-state index is 0.0271. The first-order valence-electron chi connectivity index (χ1n) is 5.52. The molecule has 0 heterocycles. The van der Waals surface area contributed by atoms with Gasteiger partial charge in [-0.05, 0) is 5.56 Å². The Labute approximate surface area is 100 Å². The van der Waals surface area contributed by atoms with Crippen LogP contribution < -0.4 is 5.41 Å². The van der Waals surface area contributed by atoms with Crippen molar-refractivity contribution in [1.82, 2.24) is 0 Å². The average Bonchev–Trinajstić information content (AvgIpc) is 2.42. The molecule has 0 saturated heterocycles. The van der Waals surface area contributed by atoms with Gasteiger partial charge in [-0.25, -0.2) is 0 Å². The van der Waals surface area contributed by atoms with E-state index in [1.165, 1.54) is 6.21 Å². The van der Waals surface area contributed by atoms with Crippen LogP contribution in [-0.2, 0) is 0 Å². The summed E-state index contributed by atoms with van der Waals surface area (Å²) in [6.07, 6.45) is 1.45. The molecular formula is C15H14NO+. The van der Waals surface area contributed by atoms with Crippen molar-refractivity contribution in [2.24, 2.45) is 0 Å². The van der Waals surface area contributed by atoms with Gasteiger partial charge in [-0.1, -0.05) is 60.7 Å². The normalized spacial score (nSPS) is 11.8. The molecule has 2 nitrogen and oxygen atoms in total. The van der Waals surface area contributed by atoms with Gasteiger partial charge in [-0.15, -0.1) is 0 Å². The number of benzene rings is 2. The molecule has 0 aliphatic carbocycles. The summed E-state index contributed by atoms with van der Waals surface area (Å²) in [6.45, 7) is 0. The van der Waals surface area contributed by atoms with Crippen LogP contribution >= 0.6 is 0 Å². The monoisotopic (exact) mass is 224 g/mol. The van der Waals surface area contributed by atoms with Crippen LogP contribution in [0.5, 0.6) is 0 Å². The summed E-state index contributed by atoms with van der Waals surface area (Å²) in [6, 6.07) is 18.8. The first-order chi connectivity index (χ1) is 8.33. The molecule has 0 saturated carbocycles. The standard InChI is InChI=1S/C15H13NO/c16-11-14(12-7-3-1-4-8-12)15(17)13-9-5-2-6-10-13/h1-11,14,16H/p+1/t14-/m0/s1. The molecule has 0 aliphatic rings. The highest BCUT2D eigenvalue weighted by Gasteiger charge is 2.21. The summed E-state index contributed by atoms with van der Waals surface area (Å²) in [5.74, 6) is -0.349. The minimum Gasteiger partial charge on any atom is -0.293 e. The molecule has 2 rings (SSSR count). The van der Waals surface area contributed by atoms with Gasteiger partial charge in [0, 0.05) is 5.56 Å². The Morgan fingerprint density at radius 3 is 2.00 bits per heavy atom. The van der Waals surface area contributed by atoms with E-state index in [0.717, 1.165) is 5.56 Å². The van der Waals surface area contributed by atoms with Gasteiger partial charge in [0.2, 0.25) is 0 Å². The SMILES string of the molecule is [NH2+]=C[C@H](C(=O)c1ccccc1)c1ccccc1. The van der Waals surface area contributed by atoms with E-state index in [-0.39, 0.29) is 11.7 Å². The first kappa shape index (κ1) is 11.3. The smallest absolute Gasteiger partial charge is 0.180 e. The second kappa shape index (κ2) is 5.21. The van der Waals surface area contributed by atoms with E-state index in [4.69, 9.17) is 5.41 Å². The molecule has 84 valence electrons. The molecule has 1 atom stereocenters. The predicted octanol–water partition coefficient (Wildman–Crippen LogP) is 1.48. The quantitative estimate of drug-likeness (QED) is 0.620. The number of ketones is 1. The van der Waals surface area contributed by atoms with Gasteiger partial charge in [0.15, 0.2) is 12.0 Å². The molecular weight excluding hydrogens is 210 g/mol. The van der Waals surface area contributed by atoms with Crippen molar-refractivity contribution in [1.29, 1.82) is 0 Å². The van der Waals surface area contributed by atoms with Gasteiger partial charge < -0.3 is 0 Å². The van der Waals surface area contributed by atoms with Crippen LogP contribution in [0.1, 0.15) is 21.8 Å². The van der Waals surface area contributed by atoms with Gasteiger partial charge in [-0.3, -0.25) is 10.2 Å². The Hall–Kier alpha value is -2.22. The van der Waals surface area contributed by atoms with Gasteiger partial charge in [0.05, 0.1) is 0 Å². The fourth-order valence-corrected chi connectivity index (χ4v) is 1.79. The molecule has 0 fully saturated rings. The Morgan fingerprint density at radius 2 is 1.47 bits per heavy atom. The third-order valence-corrected chi connectivity index (χ3v) is 2.69. The van der Waals surface area contributed by atoms with Crippen LogP contribution in [0.15, 0.2) is 60.7 Å². The zero-order chi connectivity index (χ0) is 12.1. The lowest BCUT2D eigenvalue weighted by Crippen LogP contribution is -2.35. The van der Waals surface area contributed by atoms with Gasteiger partial charge in [-0.2, -0.15) is 0 Å². The van der Waals surface area contributed by atoms with Gasteiger partial charge in [0.25, 0.3) is 0 Å². The van der Waals surface area contributed by atoms with Crippen molar-refractivity contribution >= 4 is 12.0 Å². The maximum absolute atomic E-state index is 12.3. The fourth-order valence-electron chi connectivity index (χ4n) is 1.79. The molecule has 0 aromatic heterocycles. The highest BCUT2D eigenvalue weighted by atomic mass is 16.1. The molecule has 2 N–H and O–H groups in total. The second-order valence-electron chi connectivity index (χ2n) is 3.81. The largest absolute Gasteiger partial charge is 0.293 e. The topological polar surface area (TPSA) is 42.7 Å². The van der Waals surface area contributed by atoms with Crippen LogP contribution in [-0.4, -0.2) is 12.0 Å². The summed E-state index contributed by atoms with van der Waals surface area (Å²) in [7, 11) is 0. The Morgan fingerprint density at radius 1 is 0.941 bits per heavy atom. The van der Waals surface area contributed by atoms with Gasteiger partial charge in [0.1, 0.15) is 5.92 Å². The molecule has 17 heavy (non-hydrogen) atoms. The first-order valence-corrected chi connectivity index (χ1v) is 5.52. The van der Waals surface area contributed by atoms with Crippen LogP contribution in [0.4, 0.5) is 0 Å². The molecule has 0 bridgehead atoms. The molecule has 0 unspecified atom stereocenters. The van der Waals surface area contributed by atoms with Crippen LogP contribution in [0.2, 0.25) is 0 Å². The summed E-state index contributed by atoms with van der Waals surface area (Å²) >= 11 is 0. The summed E-state index contributed by atoms with van der Waals surface area (Å²) < 4.78 is 0. The lowest BCUT2D eigenvalue weighted by Gasteiger charge is -2.08. The van der Waals surface area contributed by atoms with Crippen LogP contribution in [0.3, 0.4) is 0 Å². The number of hydrogen-bond donors (Lipinski definition) is 1. The maximum atomic E-state index is 12.3. The van der Waals surface area contributed by atoms with Crippen molar-refractivity contribution in [2.75, 3.05) is 0 Å². The van der Waals surface area contributed by atoms with E-state index >= 15 is 0 Å².